The van der Waals surface area contributed by atoms with Crippen molar-refractivity contribution in [3.63, 3.8) is 0 Å². The highest BCUT2D eigenvalue weighted by Crippen LogP contribution is 2.29. The van der Waals surface area contributed by atoms with Crippen LogP contribution in [0.3, 0.4) is 0 Å². The Kier molecular flexibility index (Phi) is 5.07. The fourth-order valence-electron chi connectivity index (χ4n) is 5.08. The monoisotopic (exact) mass is 419 g/mol. The highest BCUT2D eigenvalue weighted by molar-refractivity contribution is 5.93. The average molecular weight is 420 g/mol. The highest BCUT2D eigenvalue weighted by Gasteiger charge is 2.46. The number of nitrogen functional groups attached to an aromatic ring is 1. The molecule has 0 spiro atoms. The topological polar surface area (TPSA) is 110 Å². The number of aromatic nitrogens is 3. The van der Waals surface area contributed by atoms with Gasteiger partial charge in [-0.1, -0.05) is 23.4 Å². The molecule has 0 saturated carbocycles. The van der Waals surface area contributed by atoms with Gasteiger partial charge in [0, 0.05) is 35.8 Å². The zero-order chi connectivity index (χ0) is 21.4. The van der Waals surface area contributed by atoms with Crippen molar-refractivity contribution in [1.29, 1.82) is 0 Å². The Bertz CT molecular complexity index is 1100. The van der Waals surface area contributed by atoms with E-state index in [0.29, 0.717) is 23.3 Å². The summed E-state index contributed by atoms with van der Waals surface area (Å²) in [7, 11) is 0. The van der Waals surface area contributed by atoms with Crippen molar-refractivity contribution in [3.8, 4) is 17.0 Å². The van der Waals surface area contributed by atoms with Crippen LogP contribution in [0.5, 0.6) is 5.75 Å². The fraction of sp³-hybridized carbons (Fsp3) is 0.348. The number of nitrogens with one attached hydrogen (secondary N) is 2. The van der Waals surface area contributed by atoms with E-state index in [1.807, 2.05) is 35.1 Å². The van der Waals surface area contributed by atoms with Crippen molar-refractivity contribution in [3.05, 3.63) is 54.7 Å². The van der Waals surface area contributed by atoms with Gasteiger partial charge in [-0.3, -0.25) is 4.79 Å². The lowest BCUT2D eigenvalue weighted by molar-refractivity contribution is -0.945. The van der Waals surface area contributed by atoms with E-state index in [4.69, 9.17) is 5.73 Å². The summed E-state index contributed by atoms with van der Waals surface area (Å²) in [5, 5.41) is 21.3. The van der Waals surface area contributed by atoms with Crippen molar-refractivity contribution in [2.75, 3.05) is 24.1 Å². The number of amides is 1. The lowest BCUT2D eigenvalue weighted by Crippen LogP contribution is -3.20. The van der Waals surface area contributed by atoms with Crippen LogP contribution in [0.4, 0.5) is 11.4 Å². The third kappa shape index (κ3) is 4.11. The first-order chi connectivity index (χ1) is 15.0. The standard InChI is InChI=1S/C23H26N6O2/c24-17-4-1-3-16(9-17)22-14-29(27-26-22)12-19-10-15-7-8-28(19)13-21(15)23(31)25-18-5-2-6-20(30)11-18/h1-6,9,11,14-15,19,21,30H,7-8,10,12-13,24H2,(H,25,31)/p+1/t15-,19-,21+/m1/s1. The largest absolute Gasteiger partial charge is 0.508 e. The quantitative estimate of drug-likeness (QED) is 0.464. The molecule has 1 unspecified atom stereocenters. The lowest BCUT2D eigenvalue weighted by Gasteiger charge is -2.46. The van der Waals surface area contributed by atoms with Crippen LogP contribution < -0.4 is 16.0 Å². The van der Waals surface area contributed by atoms with Gasteiger partial charge >= 0.3 is 0 Å². The Balaban J connectivity index is 1.23. The second-order valence-corrected chi connectivity index (χ2v) is 8.69. The highest BCUT2D eigenvalue weighted by atomic mass is 16.3. The van der Waals surface area contributed by atoms with E-state index in [-0.39, 0.29) is 17.6 Å². The molecule has 3 aromatic rings. The number of phenolic OH excluding ortho intramolecular Hbond substituents is 1. The Morgan fingerprint density at radius 1 is 1.26 bits per heavy atom. The molecule has 3 aliphatic heterocycles. The number of benzene rings is 2. The zero-order valence-corrected chi connectivity index (χ0v) is 17.2. The molecule has 3 saturated heterocycles. The van der Waals surface area contributed by atoms with Gasteiger partial charge in [-0.25, -0.2) is 4.68 Å². The second kappa shape index (κ2) is 8.03. The zero-order valence-electron chi connectivity index (χ0n) is 17.2. The third-order valence-electron chi connectivity index (χ3n) is 6.63. The van der Waals surface area contributed by atoms with Crippen LogP contribution in [-0.2, 0) is 11.3 Å². The minimum Gasteiger partial charge on any atom is -0.508 e. The van der Waals surface area contributed by atoms with Crippen molar-refractivity contribution < 1.29 is 14.8 Å². The molecule has 2 aromatic carbocycles. The molecule has 4 atom stereocenters. The van der Waals surface area contributed by atoms with Gasteiger partial charge in [-0.05, 0) is 30.2 Å². The van der Waals surface area contributed by atoms with Crippen molar-refractivity contribution in [2.45, 2.75) is 25.4 Å². The van der Waals surface area contributed by atoms with Crippen molar-refractivity contribution in [1.82, 2.24) is 15.0 Å². The smallest absolute Gasteiger partial charge is 0.233 e. The van der Waals surface area contributed by atoms with E-state index in [9.17, 15) is 9.90 Å². The second-order valence-electron chi connectivity index (χ2n) is 8.69. The van der Waals surface area contributed by atoms with Gasteiger partial charge in [0.25, 0.3) is 0 Å². The maximum Gasteiger partial charge on any atom is 0.233 e. The first kappa shape index (κ1) is 19.6. The summed E-state index contributed by atoms with van der Waals surface area (Å²) in [6.07, 6.45) is 4.04. The number of carbonyl (C=O) groups is 1. The van der Waals surface area contributed by atoms with Gasteiger partial charge in [-0.2, -0.15) is 0 Å². The fourth-order valence-corrected chi connectivity index (χ4v) is 5.08. The summed E-state index contributed by atoms with van der Waals surface area (Å²) < 4.78 is 1.92. The van der Waals surface area contributed by atoms with E-state index in [1.165, 1.54) is 4.90 Å². The lowest BCUT2D eigenvalue weighted by atomic mass is 9.75. The molecule has 0 aliphatic carbocycles. The molecule has 8 heteroatoms. The maximum atomic E-state index is 12.9. The first-order valence-electron chi connectivity index (χ1n) is 10.8. The van der Waals surface area contributed by atoms with Crippen LogP contribution >= 0.6 is 0 Å². The SMILES string of the molecule is Nc1cccc(-c2cn(C[C@H]3C[C@H]4CC[NH+]3C[C@@H]4C(=O)Nc3cccc(O)c3)nn2)c1. The maximum absolute atomic E-state index is 12.9. The van der Waals surface area contributed by atoms with Gasteiger partial charge in [0.2, 0.25) is 5.91 Å². The number of quaternary nitrogens is 1. The van der Waals surface area contributed by atoms with Gasteiger partial charge in [-0.15, -0.1) is 5.10 Å². The number of nitrogens with two attached hydrogens (primary N) is 1. The summed E-state index contributed by atoms with van der Waals surface area (Å²) in [4.78, 5) is 14.3. The van der Waals surface area contributed by atoms with E-state index >= 15 is 0 Å². The number of carbonyl (C=O) groups excluding carboxylic acids is 1. The predicted molar refractivity (Wildman–Crippen MR) is 117 cm³/mol. The Morgan fingerprint density at radius 3 is 2.90 bits per heavy atom. The van der Waals surface area contributed by atoms with Crippen LogP contribution in [-0.4, -0.2) is 45.1 Å². The molecule has 160 valence electrons. The van der Waals surface area contributed by atoms with Crippen LogP contribution in [0, 0.1) is 11.8 Å². The third-order valence-corrected chi connectivity index (χ3v) is 6.63. The first-order valence-corrected chi connectivity index (χ1v) is 10.8. The summed E-state index contributed by atoms with van der Waals surface area (Å²) in [5.74, 6) is 0.580. The Labute approximate surface area is 180 Å². The van der Waals surface area contributed by atoms with Gasteiger partial charge in [0.15, 0.2) is 0 Å². The van der Waals surface area contributed by atoms with Crippen LogP contribution in [0.1, 0.15) is 12.8 Å². The van der Waals surface area contributed by atoms with E-state index in [2.05, 4.69) is 15.6 Å². The predicted octanol–water partition coefficient (Wildman–Crippen LogP) is 1.16. The van der Waals surface area contributed by atoms with Crippen LogP contribution in [0.2, 0.25) is 0 Å². The molecule has 5 N–H and O–H groups in total. The number of nitrogens with zero attached hydrogens (tertiary/aromatic N) is 3. The number of hydrogen-bond donors (Lipinski definition) is 4. The molecule has 3 aliphatic rings. The van der Waals surface area contributed by atoms with Crippen LogP contribution in [0.25, 0.3) is 11.3 Å². The molecular formula is C23H27N6O2+. The molecule has 1 amide bonds. The molecule has 2 bridgehead atoms. The minimum absolute atomic E-state index is 0.000880. The molecular weight excluding hydrogens is 392 g/mol. The summed E-state index contributed by atoms with van der Waals surface area (Å²) in [5.41, 5.74) is 9.02. The molecule has 0 radical (unpaired) electrons. The number of fused-ring (bicyclic) bond motifs is 3. The average Bonchev–Trinajstić information content (AvgIpc) is 3.23. The van der Waals surface area contributed by atoms with E-state index in [1.54, 1.807) is 24.3 Å². The molecule has 1 aromatic heterocycles. The summed E-state index contributed by atoms with van der Waals surface area (Å²) in [6, 6.07) is 14.8. The number of piperidine rings is 3. The molecule has 8 nitrogen and oxygen atoms in total. The number of anilines is 2. The van der Waals surface area contributed by atoms with Crippen LogP contribution in [0.15, 0.2) is 54.7 Å². The number of rotatable bonds is 5. The Hall–Kier alpha value is -3.39. The molecule has 3 fully saturated rings. The van der Waals surface area contributed by atoms with Gasteiger partial charge < -0.3 is 21.1 Å². The van der Waals surface area contributed by atoms with Gasteiger partial charge in [0.1, 0.15) is 17.5 Å². The molecule has 6 rings (SSSR count). The molecule has 31 heavy (non-hydrogen) atoms. The van der Waals surface area contributed by atoms with Gasteiger partial charge in [0.05, 0.1) is 31.7 Å². The summed E-state index contributed by atoms with van der Waals surface area (Å²) >= 11 is 0. The number of phenols is 1. The molecule has 4 heterocycles. The summed E-state index contributed by atoms with van der Waals surface area (Å²) in [6.45, 7) is 2.71. The Morgan fingerprint density at radius 2 is 2.13 bits per heavy atom. The van der Waals surface area contributed by atoms with Crippen molar-refractivity contribution in [2.24, 2.45) is 11.8 Å². The van der Waals surface area contributed by atoms with Crippen molar-refractivity contribution >= 4 is 17.3 Å². The van der Waals surface area contributed by atoms with E-state index < -0.39 is 0 Å². The minimum atomic E-state index is 0.000880. The van der Waals surface area contributed by atoms with E-state index in [0.717, 1.165) is 43.7 Å². The number of hydrogen-bond acceptors (Lipinski definition) is 5. The normalized spacial score (nSPS) is 24.8. The number of aromatic hydroxyl groups is 1.